The Morgan fingerprint density at radius 3 is 2.83 bits per heavy atom. The lowest BCUT2D eigenvalue weighted by atomic mass is 9.93. The van der Waals surface area contributed by atoms with Crippen LogP contribution in [0.1, 0.15) is 32.6 Å². The fourth-order valence-electron chi connectivity index (χ4n) is 1.55. The van der Waals surface area contributed by atoms with Crippen molar-refractivity contribution >= 4 is 0 Å². The van der Waals surface area contributed by atoms with Crippen LogP contribution in [0.3, 0.4) is 0 Å². The van der Waals surface area contributed by atoms with Gasteiger partial charge < -0.3 is 10.5 Å². The van der Waals surface area contributed by atoms with Crippen LogP contribution in [0.4, 0.5) is 0 Å². The second-order valence-corrected chi connectivity index (χ2v) is 3.22. The Morgan fingerprint density at radius 2 is 2.17 bits per heavy atom. The maximum Gasteiger partial charge on any atom is 0.108 e. The molecule has 0 amide bonds. The standard InChI is InChI=1S/C10H17NO/c1-2-3-8-12-10-7-5-4-6-9(10)11/h9-10H,4-8,11H2,1H3. The first-order valence-corrected chi connectivity index (χ1v) is 4.61. The zero-order valence-electron chi connectivity index (χ0n) is 7.68. The molecule has 0 aromatic rings. The first-order chi connectivity index (χ1) is 5.84. The third-order valence-electron chi connectivity index (χ3n) is 2.30. The molecule has 2 heteroatoms. The van der Waals surface area contributed by atoms with E-state index in [1.807, 2.05) is 6.92 Å². The molecular formula is C10H17NO. The average molecular weight is 167 g/mol. The summed E-state index contributed by atoms with van der Waals surface area (Å²) in [6.45, 7) is 2.36. The smallest absolute Gasteiger partial charge is 0.108 e. The highest BCUT2D eigenvalue weighted by molar-refractivity contribution is 4.95. The lowest BCUT2D eigenvalue weighted by Crippen LogP contribution is -2.39. The molecule has 2 unspecified atom stereocenters. The molecule has 1 saturated carbocycles. The van der Waals surface area contributed by atoms with Crippen LogP contribution in [0, 0.1) is 11.8 Å². The van der Waals surface area contributed by atoms with Gasteiger partial charge in [-0.05, 0) is 19.8 Å². The largest absolute Gasteiger partial charge is 0.364 e. The minimum atomic E-state index is 0.234. The summed E-state index contributed by atoms with van der Waals surface area (Å²) in [6.07, 6.45) is 4.95. The van der Waals surface area contributed by atoms with Crippen LogP contribution < -0.4 is 5.73 Å². The fourth-order valence-corrected chi connectivity index (χ4v) is 1.55. The summed E-state index contributed by atoms with van der Waals surface area (Å²) >= 11 is 0. The normalized spacial score (nSPS) is 29.2. The van der Waals surface area contributed by atoms with E-state index in [0.29, 0.717) is 6.61 Å². The molecule has 1 fully saturated rings. The van der Waals surface area contributed by atoms with E-state index < -0.39 is 0 Å². The highest BCUT2D eigenvalue weighted by Gasteiger charge is 2.21. The summed E-state index contributed by atoms with van der Waals surface area (Å²) in [5.41, 5.74) is 5.89. The highest BCUT2D eigenvalue weighted by Crippen LogP contribution is 2.19. The number of rotatable bonds is 2. The van der Waals surface area contributed by atoms with Gasteiger partial charge in [0.1, 0.15) is 6.61 Å². The number of nitrogens with two attached hydrogens (primary N) is 1. The van der Waals surface area contributed by atoms with Crippen molar-refractivity contribution in [2.75, 3.05) is 6.61 Å². The quantitative estimate of drug-likeness (QED) is 0.629. The van der Waals surface area contributed by atoms with Crippen molar-refractivity contribution in [3.63, 3.8) is 0 Å². The predicted octanol–water partition coefficient (Wildman–Crippen LogP) is 1.30. The molecule has 0 heterocycles. The summed E-state index contributed by atoms with van der Waals surface area (Å²) in [6, 6.07) is 0.234. The van der Waals surface area contributed by atoms with E-state index in [0.717, 1.165) is 12.8 Å². The Morgan fingerprint density at radius 1 is 1.42 bits per heavy atom. The van der Waals surface area contributed by atoms with E-state index >= 15 is 0 Å². The molecule has 2 nitrogen and oxygen atoms in total. The molecule has 12 heavy (non-hydrogen) atoms. The minimum Gasteiger partial charge on any atom is -0.364 e. The maximum absolute atomic E-state index is 5.89. The van der Waals surface area contributed by atoms with Crippen LogP contribution in [0.2, 0.25) is 0 Å². The first-order valence-electron chi connectivity index (χ1n) is 4.61. The fraction of sp³-hybridized carbons (Fsp3) is 0.800. The molecule has 0 radical (unpaired) electrons. The second-order valence-electron chi connectivity index (χ2n) is 3.22. The van der Waals surface area contributed by atoms with Crippen molar-refractivity contribution in [3.05, 3.63) is 0 Å². The summed E-state index contributed by atoms with van der Waals surface area (Å²) in [5, 5.41) is 0. The zero-order chi connectivity index (χ0) is 8.81. The zero-order valence-corrected chi connectivity index (χ0v) is 7.68. The molecule has 0 bridgehead atoms. The molecule has 0 saturated heterocycles. The Balaban J connectivity index is 2.23. The van der Waals surface area contributed by atoms with Crippen LogP contribution >= 0.6 is 0 Å². The molecular weight excluding hydrogens is 150 g/mol. The first kappa shape index (κ1) is 9.57. The van der Waals surface area contributed by atoms with E-state index in [1.54, 1.807) is 0 Å². The van der Waals surface area contributed by atoms with Gasteiger partial charge in [0, 0.05) is 6.04 Å². The molecule has 1 aliphatic rings. The van der Waals surface area contributed by atoms with E-state index in [4.69, 9.17) is 10.5 Å². The SMILES string of the molecule is CC#CCOC1CCCCC1N. The van der Waals surface area contributed by atoms with Gasteiger partial charge in [-0.25, -0.2) is 0 Å². The summed E-state index contributed by atoms with van der Waals surface area (Å²) in [4.78, 5) is 0. The van der Waals surface area contributed by atoms with Gasteiger partial charge in [-0.1, -0.05) is 18.8 Å². The molecule has 0 spiro atoms. The molecule has 1 rings (SSSR count). The van der Waals surface area contributed by atoms with Gasteiger partial charge in [0.05, 0.1) is 6.10 Å². The van der Waals surface area contributed by atoms with Crippen LogP contribution in [-0.2, 0) is 4.74 Å². The van der Waals surface area contributed by atoms with E-state index in [-0.39, 0.29) is 12.1 Å². The van der Waals surface area contributed by atoms with E-state index in [9.17, 15) is 0 Å². The topological polar surface area (TPSA) is 35.2 Å². The highest BCUT2D eigenvalue weighted by atomic mass is 16.5. The molecule has 2 N–H and O–H groups in total. The lowest BCUT2D eigenvalue weighted by Gasteiger charge is -2.27. The lowest BCUT2D eigenvalue weighted by molar-refractivity contribution is 0.0348. The number of hydrogen-bond acceptors (Lipinski definition) is 2. The van der Waals surface area contributed by atoms with Crippen molar-refractivity contribution in [3.8, 4) is 11.8 Å². The minimum absolute atomic E-state index is 0.234. The molecule has 0 aliphatic heterocycles. The molecule has 1 aliphatic carbocycles. The summed E-state index contributed by atoms with van der Waals surface area (Å²) < 4.78 is 5.54. The van der Waals surface area contributed by atoms with Crippen molar-refractivity contribution in [2.24, 2.45) is 5.73 Å². The van der Waals surface area contributed by atoms with Crippen molar-refractivity contribution in [1.29, 1.82) is 0 Å². The predicted molar refractivity (Wildman–Crippen MR) is 49.6 cm³/mol. The Kier molecular flexibility index (Phi) is 4.13. The number of hydrogen-bond donors (Lipinski definition) is 1. The molecule has 0 aromatic heterocycles. The van der Waals surface area contributed by atoms with Crippen molar-refractivity contribution < 1.29 is 4.74 Å². The molecule has 2 atom stereocenters. The van der Waals surface area contributed by atoms with E-state index in [2.05, 4.69) is 11.8 Å². The van der Waals surface area contributed by atoms with Gasteiger partial charge >= 0.3 is 0 Å². The van der Waals surface area contributed by atoms with Crippen LogP contribution in [0.15, 0.2) is 0 Å². The van der Waals surface area contributed by atoms with Gasteiger partial charge in [0.15, 0.2) is 0 Å². The van der Waals surface area contributed by atoms with Crippen LogP contribution in [-0.4, -0.2) is 18.8 Å². The van der Waals surface area contributed by atoms with Crippen molar-refractivity contribution in [1.82, 2.24) is 0 Å². The van der Waals surface area contributed by atoms with Crippen molar-refractivity contribution in [2.45, 2.75) is 44.8 Å². The Bertz CT molecular complexity index is 180. The number of ether oxygens (including phenoxy) is 1. The van der Waals surface area contributed by atoms with Gasteiger partial charge in [0.25, 0.3) is 0 Å². The molecule has 68 valence electrons. The van der Waals surface area contributed by atoms with Gasteiger partial charge in [0.2, 0.25) is 0 Å². The third-order valence-corrected chi connectivity index (χ3v) is 2.30. The third kappa shape index (κ3) is 2.84. The van der Waals surface area contributed by atoms with E-state index in [1.165, 1.54) is 12.8 Å². The molecule has 0 aromatic carbocycles. The summed E-state index contributed by atoms with van der Waals surface area (Å²) in [5.74, 6) is 5.69. The Hall–Kier alpha value is -0.520. The van der Waals surface area contributed by atoms with Crippen LogP contribution in [0.25, 0.3) is 0 Å². The maximum atomic E-state index is 5.89. The van der Waals surface area contributed by atoms with Gasteiger partial charge in [-0.3, -0.25) is 0 Å². The van der Waals surface area contributed by atoms with Gasteiger partial charge in [-0.15, -0.1) is 5.92 Å². The monoisotopic (exact) mass is 167 g/mol. The van der Waals surface area contributed by atoms with Crippen LogP contribution in [0.5, 0.6) is 0 Å². The summed E-state index contributed by atoms with van der Waals surface area (Å²) in [7, 11) is 0. The van der Waals surface area contributed by atoms with Gasteiger partial charge in [-0.2, -0.15) is 0 Å². The average Bonchev–Trinajstić information content (AvgIpc) is 2.09. The Labute approximate surface area is 74.5 Å². The second kappa shape index (κ2) is 5.18.